The van der Waals surface area contributed by atoms with Crippen molar-refractivity contribution >= 4 is 5.69 Å². The lowest BCUT2D eigenvalue weighted by Crippen LogP contribution is -1.99. The number of rotatable bonds is 4. The van der Waals surface area contributed by atoms with Gasteiger partial charge in [0.25, 0.3) is 0 Å². The minimum Gasteiger partial charge on any atom is -0.464 e. The molecule has 0 radical (unpaired) electrons. The van der Waals surface area contributed by atoms with E-state index in [9.17, 15) is 8.78 Å². The lowest BCUT2D eigenvalue weighted by Gasteiger charge is -2.04. The van der Waals surface area contributed by atoms with Crippen LogP contribution in [0.2, 0.25) is 0 Å². The molecule has 1 aliphatic carbocycles. The van der Waals surface area contributed by atoms with Crippen LogP contribution in [0.3, 0.4) is 0 Å². The van der Waals surface area contributed by atoms with E-state index in [1.54, 1.807) is 0 Å². The normalized spacial score (nSPS) is 21.4. The standard InChI is InChI=1S/C15H15F2NO/c1-9-6-12(9)15-5-3-11(19-15)8-18-10-2-4-13(16)14(17)7-10/h2-5,7,9,12,18H,6,8H2,1H3. The summed E-state index contributed by atoms with van der Waals surface area (Å²) in [6, 6.07) is 7.67. The van der Waals surface area contributed by atoms with Crippen molar-refractivity contribution in [3.05, 3.63) is 53.5 Å². The number of benzene rings is 1. The summed E-state index contributed by atoms with van der Waals surface area (Å²) in [6.45, 7) is 2.67. The van der Waals surface area contributed by atoms with Gasteiger partial charge >= 0.3 is 0 Å². The summed E-state index contributed by atoms with van der Waals surface area (Å²) in [4.78, 5) is 0. The van der Waals surface area contributed by atoms with E-state index in [2.05, 4.69) is 12.2 Å². The highest BCUT2D eigenvalue weighted by atomic mass is 19.2. The molecule has 19 heavy (non-hydrogen) atoms. The molecule has 100 valence electrons. The number of nitrogens with one attached hydrogen (secondary N) is 1. The lowest BCUT2D eigenvalue weighted by molar-refractivity contribution is 0.467. The Hall–Kier alpha value is -1.84. The first-order valence-electron chi connectivity index (χ1n) is 6.41. The molecule has 0 spiro atoms. The van der Waals surface area contributed by atoms with E-state index in [1.165, 1.54) is 12.5 Å². The average Bonchev–Trinajstić information content (AvgIpc) is 2.94. The van der Waals surface area contributed by atoms with Crippen LogP contribution in [-0.2, 0) is 6.54 Å². The van der Waals surface area contributed by atoms with Gasteiger partial charge in [-0.25, -0.2) is 8.78 Å². The van der Waals surface area contributed by atoms with Gasteiger partial charge in [0.15, 0.2) is 11.6 Å². The molecule has 0 aliphatic heterocycles. The molecule has 2 nitrogen and oxygen atoms in total. The van der Waals surface area contributed by atoms with Crippen molar-refractivity contribution in [1.82, 2.24) is 0 Å². The second kappa shape index (κ2) is 4.68. The minimum absolute atomic E-state index is 0.464. The molecule has 0 bridgehead atoms. The van der Waals surface area contributed by atoms with Crippen LogP contribution in [0.15, 0.2) is 34.7 Å². The summed E-state index contributed by atoms with van der Waals surface area (Å²) in [6.07, 6.45) is 1.18. The molecule has 1 heterocycles. The third-order valence-corrected chi connectivity index (χ3v) is 3.54. The number of hydrogen-bond acceptors (Lipinski definition) is 2. The van der Waals surface area contributed by atoms with E-state index in [0.29, 0.717) is 24.1 Å². The molecule has 1 aliphatic rings. The largest absolute Gasteiger partial charge is 0.464 e. The quantitative estimate of drug-likeness (QED) is 0.890. The molecule has 2 atom stereocenters. The van der Waals surface area contributed by atoms with Crippen molar-refractivity contribution in [1.29, 1.82) is 0 Å². The summed E-state index contributed by atoms with van der Waals surface area (Å²) in [5.41, 5.74) is 0.539. The third-order valence-electron chi connectivity index (χ3n) is 3.54. The van der Waals surface area contributed by atoms with E-state index >= 15 is 0 Å². The van der Waals surface area contributed by atoms with Crippen molar-refractivity contribution in [2.45, 2.75) is 25.8 Å². The van der Waals surface area contributed by atoms with Gasteiger partial charge in [-0.15, -0.1) is 0 Å². The fourth-order valence-corrected chi connectivity index (χ4v) is 2.20. The second-order valence-corrected chi connectivity index (χ2v) is 5.11. The van der Waals surface area contributed by atoms with Gasteiger partial charge in [-0.05, 0) is 36.6 Å². The maximum atomic E-state index is 13.0. The molecule has 3 rings (SSSR count). The highest BCUT2D eigenvalue weighted by Crippen LogP contribution is 2.47. The number of anilines is 1. The predicted molar refractivity (Wildman–Crippen MR) is 68.9 cm³/mol. The van der Waals surface area contributed by atoms with E-state index in [4.69, 9.17) is 4.42 Å². The number of furan rings is 1. The van der Waals surface area contributed by atoms with Gasteiger partial charge in [-0.3, -0.25) is 0 Å². The smallest absolute Gasteiger partial charge is 0.160 e. The fraction of sp³-hybridized carbons (Fsp3) is 0.333. The Morgan fingerprint density at radius 3 is 2.68 bits per heavy atom. The maximum absolute atomic E-state index is 13.0. The van der Waals surface area contributed by atoms with Gasteiger partial charge in [-0.1, -0.05) is 6.92 Å². The molecule has 1 fully saturated rings. The first kappa shape index (κ1) is 12.2. The van der Waals surface area contributed by atoms with Gasteiger partial charge in [0.05, 0.1) is 6.54 Å². The van der Waals surface area contributed by atoms with Crippen molar-refractivity contribution in [3.63, 3.8) is 0 Å². The molecular weight excluding hydrogens is 248 g/mol. The van der Waals surface area contributed by atoms with Gasteiger partial charge < -0.3 is 9.73 Å². The molecule has 2 aromatic rings. The molecule has 0 saturated heterocycles. The Bertz CT molecular complexity index is 594. The van der Waals surface area contributed by atoms with Gasteiger partial charge in [0.1, 0.15) is 11.5 Å². The summed E-state index contributed by atoms with van der Waals surface area (Å²) >= 11 is 0. The SMILES string of the molecule is CC1CC1c1ccc(CNc2ccc(F)c(F)c2)o1. The molecule has 1 aromatic heterocycles. The maximum Gasteiger partial charge on any atom is 0.160 e. The van der Waals surface area contributed by atoms with Crippen LogP contribution in [0.1, 0.15) is 30.8 Å². The Labute approximate surface area is 110 Å². The van der Waals surface area contributed by atoms with Crippen molar-refractivity contribution in [2.75, 3.05) is 5.32 Å². The van der Waals surface area contributed by atoms with Crippen LogP contribution < -0.4 is 5.32 Å². The van der Waals surface area contributed by atoms with E-state index in [1.807, 2.05) is 12.1 Å². The van der Waals surface area contributed by atoms with E-state index in [0.717, 1.165) is 23.7 Å². The molecule has 0 amide bonds. The second-order valence-electron chi connectivity index (χ2n) is 5.11. The average molecular weight is 263 g/mol. The molecule has 4 heteroatoms. The molecular formula is C15H15F2NO. The molecule has 1 saturated carbocycles. The molecule has 1 N–H and O–H groups in total. The zero-order valence-corrected chi connectivity index (χ0v) is 10.6. The fourth-order valence-electron chi connectivity index (χ4n) is 2.20. The van der Waals surface area contributed by atoms with Crippen molar-refractivity contribution < 1.29 is 13.2 Å². The van der Waals surface area contributed by atoms with Crippen LogP contribution in [0, 0.1) is 17.6 Å². The van der Waals surface area contributed by atoms with Gasteiger partial charge in [-0.2, -0.15) is 0 Å². The monoisotopic (exact) mass is 263 g/mol. The Balaban J connectivity index is 1.62. The van der Waals surface area contributed by atoms with Gasteiger partial charge in [0, 0.05) is 17.7 Å². The summed E-state index contributed by atoms with van der Waals surface area (Å²) < 4.78 is 31.5. The zero-order chi connectivity index (χ0) is 13.4. The molecule has 1 aromatic carbocycles. The highest BCUT2D eigenvalue weighted by Gasteiger charge is 2.36. The van der Waals surface area contributed by atoms with Crippen LogP contribution in [0.4, 0.5) is 14.5 Å². The minimum atomic E-state index is -0.850. The first-order valence-corrected chi connectivity index (χ1v) is 6.41. The zero-order valence-electron chi connectivity index (χ0n) is 10.6. The molecule has 2 unspecified atom stereocenters. The van der Waals surface area contributed by atoms with Crippen LogP contribution in [-0.4, -0.2) is 0 Å². The highest BCUT2D eigenvalue weighted by molar-refractivity contribution is 5.43. The first-order chi connectivity index (χ1) is 9.13. The van der Waals surface area contributed by atoms with Crippen LogP contribution in [0.5, 0.6) is 0 Å². The summed E-state index contributed by atoms with van der Waals surface area (Å²) in [7, 11) is 0. The summed E-state index contributed by atoms with van der Waals surface area (Å²) in [5, 5.41) is 3.01. The van der Waals surface area contributed by atoms with Crippen molar-refractivity contribution in [3.8, 4) is 0 Å². The van der Waals surface area contributed by atoms with Gasteiger partial charge in [0.2, 0.25) is 0 Å². The predicted octanol–water partition coefficient (Wildman–Crippen LogP) is 4.29. The van der Waals surface area contributed by atoms with E-state index in [-0.39, 0.29) is 0 Å². The summed E-state index contributed by atoms with van der Waals surface area (Å²) in [5.74, 6) is 1.40. The van der Waals surface area contributed by atoms with Crippen LogP contribution >= 0.6 is 0 Å². The Morgan fingerprint density at radius 1 is 1.21 bits per heavy atom. The lowest BCUT2D eigenvalue weighted by atomic mass is 10.3. The topological polar surface area (TPSA) is 25.2 Å². The van der Waals surface area contributed by atoms with Crippen molar-refractivity contribution in [2.24, 2.45) is 5.92 Å². The van der Waals surface area contributed by atoms with Crippen LogP contribution in [0.25, 0.3) is 0 Å². The Kier molecular flexibility index (Phi) is 3.01. The Morgan fingerprint density at radius 2 is 2.00 bits per heavy atom. The number of hydrogen-bond donors (Lipinski definition) is 1. The third kappa shape index (κ3) is 2.62. The van der Waals surface area contributed by atoms with E-state index < -0.39 is 11.6 Å². The number of halogens is 2.